The molecule has 2 nitrogen and oxygen atoms in total. The van der Waals surface area contributed by atoms with Crippen LogP contribution in [0, 0.1) is 0 Å². The molecule has 0 spiro atoms. The van der Waals surface area contributed by atoms with Gasteiger partial charge in [0.1, 0.15) is 6.33 Å². The van der Waals surface area contributed by atoms with Gasteiger partial charge in [-0.2, -0.15) is 0 Å². The third-order valence-corrected chi connectivity index (χ3v) is 4.18. The second-order valence-electron chi connectivity index (χ2n) is 4.54. The van der Waals surface area contributed by atoms with Crippen molar-refractivity contribution in [1.82, 2.24) is 9.97 Å². The molecule has 0 atom stereocenters. The van der Waals surface area contributed by atoms with Gasteiger partial charge in [0.25, 0.3) is 0 Å². The molecular formula is C16H8Cl4N2. The van der Waals surface area contributed by atoms with Crippen molar-refractivity contribution in [1.29, 1.82) is 0 Å². The second kappa shape index (κ2) is 6.43. The van der Waals surface area contributed by atoms with Gasteiger partial charge in [0.15, 0.2) is 0 Å². The van der Waals surface area contributed by atoms with Crippen LogP contribution in [-0.4, -0.2) is 9.97 Å². The molecule has 110 valence electrons. The normalized spacial score (nSPS) is 10.7. The van der Waals surface area contributed by atoms with E-state index in [2.05, 4.69) is 9.97 Å². The van der Waals surface area contributed by atoms with Gasteiger partial charge < -0.3 is 0 Å². The molecule has 0 saturated carbocycles. The van der Waals surface area contributed by atoms with Gasteiger partial charge in [-0.1, -0.05) is 58.5 Å². The first-order chi connectivity index (χ1) is 10.6. The summed E-state index contributed by atoms with van der Waals surface area (Å²) < 4.78 is 0. The van der Waals surface area contributed by atoms with Gasteiger partial charge in [0.2, 0.25) is 0 Å². The van der Waals surface area contributed by atoms with Gasteiger partial charge in [-0.25, -0.2) is 9.97 Å². The Balaban J connectivity index is 2.23. The molecule has 1 heterocycles. The largest absolute Gasteiger partial charge is 0.244 e. The van der Waals surface area contributed by atoms with Crippen LogP contribution in [0.3, 0.4) is 0 Å². The van der Waals surface area contributed by atoms with Crippen LogP contribution in [0.2, 0.25) is 20.1 Å². The van der Waals surface area contributed by atoms with Crippen LogP contribution in [0.5, 0.6) is 0 Å². The summed E-state index contributed by atoms with van der Waals surface area (Å²) in [5.41, 5.74) is 3.00. The lowest BCUT2D eigenvalue weighted by atomic mass is 10.0. The molecule has 0 radical (unpaired) electrons. The van der Waals surface area contributed by atoms with Crippen molar-refractivity contribution >= 4 is 46.4 Å². The molecule has 3 aromatic rings. The smallest absolute Gasteiger partial charge is 0.116 e. The molecular weight excluding hydrogens is 362 g/mol. The Morgan fingerprint density at radius 2 is 1.41 bits per heavy atom. The number of hydrogen-bond donors (Lipinski definition) is 0. The molecule has 0 bridgehead atoms. The predicted molar refractivity (Wildman–Crippen MR) is 92.9 cm³/mol. The summed E-state index contributed by atoms with van der Waals surface area (Å²) in [7, 11) is 0. The number of hydrogen-bond acceptors (Lipinski definition) is 2. The fraction of sp³-hybridized carbons (Fsp3) is 0. The van der Waals surface area contributed by atoms with Crippen molar-refractivity contribution in [3.63, 3.8) is 0 Å². The fourth-order valence-electron chi connectivity index (χ4n) is 2.14. The van der Waals surface area contributed by atoms with Crippen LogP contribution in [0.15, 0.2) is 48.9 Å². The SMILES string of the molecule is Clc1ccc(-c2cncnc2-c2c(Cl)cc(Cl)cc2Cl)cc1. The Kier molecular flexibility index (Phi) is 4.55. The number of halogens is 4. The predicted octanol–water partition coefficient (Wildman–Crippen LogP) is 6.42. The first kappa shape index (κ1) is 15.6. The highest BCUT2D eigenvalue weighted by atomic mass is 35.5. The van der Waals surface area contributed by atoms with E-state index < -0.39 is 0 Å². The van der Waals surface area contributed by atoms with Gasteiger partial charge in [-0.05, 0) is 29.8 Å². The van der Waals surface area contributed by atoms with Crippen LogP contribution < -0.4 is 0 Å². The van der Waals surface area contributed by atoms with Crippen molar-refractivity contribution in [3.05, 3.63) is 69.0 Å². The van der Waals surface area contributed by atoms with Crippen LogP contribution >= 0.6 is 46.4 Å². The van der Waals surface area contributed by atoms with Gasteiger partial charge in [-0.3, -0.25) is 0 Å². The molecule has 0 aliphatic heterocycles. The zero-order chi connectivity index (χ0) is 15.7. The average molecular weight is 370 g/mol. The van der Waals surface area contributed by atoms with E-state index in [9.17, 15) is 0 Å². The van der Waals surface area contributed by atoms with Crippen molar-refractivity contribution in [2.75, 3.05) is 0 Å². The maximum Gasteiger partial charge on any atom is 0.116 e. The van der Waals surface area contributed by atoms with Crippen molar-refractivity contribution in [3.8, 4) is 22.4 Å². The minimum absolute atomic E-state index is 0.436. The van der Waals surface area contributed by atoms with Gasteiger partial charge >= 0.3 is 0 Å². The number of benzene rings is 2. The van der Waals surface area contributed by atoms with Crippen molar-refractivity contribution < 1.29 is 0 Å². The molecule has 0 unspecified atom stereocenters. The highest BCUT2D eigenvalue weighted by Gasteiger charge is 2.16. The van der Waals surface area contributed by atoms with Gasteiger partial charge in [0, 0.05) is 27.4 Å². The molecule has 0 aliphatic rings. The molecule has 0 amide bonds. The standard InChI is InChI=1S/C16H8Cl4N2/c17-10-3-1-9(2-4-10)12-7-21-8-22-16(12)15-13(19)5-11(18)6-14(15)20/h1-8H. The van der Waals surface area contributed by atoms with E-state index in [0.717, 1.165) is 11.1 Å². The Morgan fingerprint density at radius 1 is 0.773 bits per heavy atom. The minimum Gasteiger partial charge on any atom is -0.244 e. The second-order valence-corrected chi connectivity index (χ2v) is 6.22. The van der Waals surface area contributed by atoms with E-state index >= 15 is 0 Å². The molecule has 6 heteroatoms. The summed E-state index contributed by atoms with van der Waals surface area (Å²) in [6.45, 7) is 0. The lowest BCUT2D eigenvalue weighted by Gasteiger charge is -2.12. The maximum absolute atomic E-state index is 6.30. The summed E-state index contributed by atoms with van der Waals surface area (Å²) in [5.74, 6) is 0. The summed E-state index contributed by atoms with van der Waals surface area (Å²) >= 11 is 24.5. The summed E-state index contributed by atoms with van der Waals surface area (Å²) in [6, 6.07) is 10.7. The molecule has 3 rings (SSSR count). The molecule has 0 aliphatic carbocycles. The lowest BCUT2D eigenvalue weighted by Crippen LogP contribution is -1.92. The fourth-order valence-corrected chi connectivity index (χ4v) is 3.26. The van der Waals surface area contributed by atoms with E-state index in [4.69, 9.17) is 46.4 Å². The first-order valence-corrected chi connectivity index (χ1v) is 7.78. The Morgan fingerprint density at radius 3 is 2.05 bits per heavy atom. The molecule has 0 N–H and O–H groups in total. The summed E-state index contributed by atoms with van der Waals surface area (Å²) in [6.07, 6.45) is 3.17. The van der Waals surface area contributed by atoms with E-state index in [1.54, 1.807) is 30.5 Å². The Bertz CT molecular complexity index is 809. The van der Waals surface area contributed by atoms with Gasteiger partial charge in [0.05, 0.1) is 15.7 Å². The highest BCUT2D eigenvalue weighted by Crippen LogP contribution is 2.40. The maximum atomic E-state index is 6.30. The zero-order valence-electron chi connectivity index (χ0n) is 11.0. The van der Waals surface area contributed by atoms with Crippen molar-refractivity contribution in [2.45, 2.75) is 0 Å². The highest BCUT2D eigenvalue weighted by molar-refractivity contribution is 6.42. The number of nitrogens with zero attached hydrogens (tertiary/aromatic N) is 2. The molecule has 2 aromatic carbocycles. The van der Waals surface area contributed by atoms with Crippen LogP contribution in [0.4, 0.5) is 0 Å². The Labute approximate surface area is 147 Å². The molecule has 22 heavy (non-hydrogen) atoms. The summed E-state index contributed by atoms with van der Waals surface area (Å²) in [5, 5.41) is 2.00. The lowest BCUT2D eigenvalue weighted by molar-refractivity contribution is 1.17. The average Bonchev–Trinajstić information content (AvgIpc) is 2.48. The van der Waals surface area contributed by atoms with Crippen LogP contribution in [0.25, 0.3) is 22.4 Å². The number of rotatable bonds is 2. The topological polar surface area (TPSA) is 25.8 Å². The third kappa shape index (κ3) is 3.06. The molecule has 1 aromatic heterocycles. The molecule has 0 fully saturated rings. The van der Waals surface area contributed by atoms with E-state index in [-0.39, 0.29) is 0 Å². The minimum atomic E-state index is 0.436. The Hall–Kier alpha value is -1.32. The van der Waals surface area contributed by atoms with Gasteiger partial charge in [-0.15, -0.1) is 0 Å². The van der Waals surface area contributed by atoms with E-state index in [1.807, 2.05) is 12.1 Å². The van der Waals surface area contributed by atoms with E-state index in [0.29, 0.717) is 31.3 Å². The van der Waals surface area contributed by atoms with Crippen LogP contribution in [0.1, 0.15) is 0 Å². The monoisotopic (exact) mass is 368 g/mol. The number of aromatic nitrogens is 2. The molecule has 0 saturated heterocycles. The van der Waals surface area contributed by atoms with E-state index in [1.165, 1.54) is 6.33 Å². The van der Waals surface area contributed by atoms with Crippen molar-refractivity contribution in [2.24, 2.45) is 0 Å². The van der Waals surface area contributed by atoms with Crippen LogP contribution in [-0.2, 0) is 0 Å². The summed E-state index contributed by atoms with van der Waals surface area (Å²) in [4.78, 5) is 8.43. The first-order valence-electron chi connectivity index (χ1n) is 6.27. The third-order valence-electron chi connectivity index (χ3n) is 3.11. The quantitative estimate of drug-likeness (QED) is 0.520. The zero-order valence-corrected chi connectivity index (χ0v) is 14.0.